The predicted octanol–water partition coefficient (Wildman–Crippen LogP) is 3.95. The molecule has 1 aliphatic carbocycles. The maximum absolute atomic E-state index is 9.28. The van der Waals surface area contributed by atoms with E-state index in [9.17, 15) is 5.11 Å². The number of hydrogen-bond acceptors (Lipinski definition) is 2. The minimum absolute atomic E-state index is 0.310. The van der Waals surface area contributed by atoms with Crippen LogP contribution >= 0.6 is 0 Å². The van der Waals surface area contributed by atoms with Gasteiger partial charge < -0.3 is 10.4 Å². The molecular weight excluding hydrogens is 270 g/mol. The molecule has 0 heterocycles. The van der Waals surface area contributed by atoms with Gasteiger partial charge in [-0.2, -0.15) is 0 Å². The van der Waals surface area contributed by atoms with Crippen molar-refractivity contribution in [3.8, 4) is 0 Å². The van der Waals surface area contributed by atoms with Crippen molar-refractivity contribution in [1.82, 2.24) is 5.32 Å². The molecule has 0 spiro atoms. The van der Waals surface area contributed by atoms with Crippen molar-refractivity contribution in [2.45, 2.75) is 58.9 Å². The van der Waals surface area contributed by atoms with Crippen LogP contribution in [0.5, 0.6) is 0 Å². The molecule has 0 radical (unpaired) electrons. The van der Waals surface area contributed by atoms with Crippen LogP contribution in [0, 0.1) is 24.7 Å². The Morgan fingerprint density at radius 3 is 2.55 bits per heavy atom. The molecule has 2 atom stereocenters. The highest BCUT2D eigenvalue weighted by Crippen LogP contribution is 2.34. The Bertz CT molecular complexity index is 439. The second kappa shape index (κ2) is 8.69. The average Bonchev–Trinajstić information content (AvgIpc) is 3.29. The van der Waals surface area contributed by atoms with Crippen molar-refractivity contribution in [2.24, 2.45) is 17.8 Å². The van der Waals surface area contributed by atoms with Gasteiger partial charge in [0, 0.05) is 12.6 Å². The summed E-state index contributed by atoms with van der Waals surface area (Å²) in [5.41, 5.74) is 2.89. The minimum Gasteiger partial charge on any atom is -0.396 e. The fourth-order valence-electron chi connectivity index (χ4n) is 3.45. The number of rotatable bonds is 10. The van der Waals surface area contributed by atoms with E-state index in [0.29, 0.717) is 24.5 Å². The highest BCUT2D eigenvalue weighted by Gasteiger charge is 2.31. The molecule has 124 valence electrons. The Balaban J connectivity index is 1.90. The number of benzene rings is 1. The Hall–Kier alpha value is -0.860. The molecule has 1 aromatic rings. The molecule has 2 rings (SSSR count). The molecule has 0 aromatic heterocycles. The third kappa shape index (κ3) is 5.73. The molecule has 0 amide bonds. The first-order valence-electron chi connectivity index (χ1n) is 8.99. The number of nitrogens with one attached hydrogen (secondary N) is 1. The highest BCUT2D eigenvalue weighted by molar-refractivity contribution is 5.26. The van der Waals surface area contributed by atoms with Crippen molar-refractivity contribution in [3.05, 3.63) is 35.4 Å². The first-order valence-corrected chi connectivity index (χ1v) is 8.99. The second-order valence-corrected chi connectivity index (χ2v) is 7.49. The summed E-state index contributed by atoms with van der Waals surface area (Å²) in [5, 5.41) is 13.1. The van der Waals surface area contributed by atoms with Crippen LogP contribution in [0.1, 0.15) is 50.7 Å². The van der Waals surface area contributed by atoms with Crippen LogP contribution in [0.2, 0.25) is 0 Å². The van der Waals surface area contributed by atoms with E-state index in [4.69, 9.17) is 0 Å². The summed E-state index contributed by atoms with van der Waals surface area (Å²) in [4.78, 5) is 0. The van der Waals surface area contributed by atoms with Crippen LogP contribution in [0.3, 0.4) is 0 Å². The van der Waals surface area contributed by atoms with Crippen molar-refractivity contribution in [3.63, 3.8) is 0 Å². The fourth-order valence-corrected chi connectivity index (χ4v) is 3.45. The van der Waals surface area contributed by atoms with E-state index < -0.39 is 0 Å². The quantitative estimate of drug-likeness (QED) is 0.686. The fraction of sp³-hybridized carbons (Fsp3) is 0.700. The Morgan fingerprint density at radius 1 is 1.23 bits per heavy atom. The molecule has 1 aliphatic rings. The summed E-state index contributed by atoms with van der Waals surface area (Å²) < 4.78 is 0. The lowest BCUT2D eigenvalue weighted by Gasteiger charge is -2.24. The topological polar surface area (TPSA) is 32.3 Å². The lowest BCUT2D eigenvalue weighted by atomic mass is 9.93. The zero-order valence-corrected chi connectivity index (χ0v) is 14.5. The lowest BCUT2D eigenvalue weighted by Crippen LogP contribution is -2.37. The number of aliphatic hydroxyl groups excluding tert-OH is 1. The smallest absolute Gasteiger partial charge is 0.0434 e. The molecule has 2 unspecified atom stereocenters. The summed E-state index contributed by atoms with van der Waals surface area (Å²) in [7, 11) is 0. The van der Waals surface area contributed by atoms with E-state index in [1.165, 1.54) is 30.4 Å². The van der Waals surface area contributed by atoms with Gasteiger partial charge in [-0.05, 0) is 74.5 Å². The van der Waals surface area contributed by atoms with Gasteiger partial charge in [0.25, 0.3) is 0 Å². The largest absolute Gasteiger partial charge is 0.396 e. The van der Waals surface area contributed by atoms with Crippen LogP contribution in [-0.4, -0.2) is 24.3 Å². The molecule has 0 bridgehead atoms. The molecule has 1 fully saturated rings. The third-order valence-electron chi connectivity index (χ3n) is 4.90. The van der Waals surface area contributed by atoms with Gasteiger partial charge >= 0.3 is 0 Å². The van der Waals surface area contributed by atoms with Gasteiger partial charge in [0.15, 0.2) is 0 Å². The summed E-state index contributed by atoms with van der Waals surface area (Å²) in [6.07, 6.45) is 6.02. The summed E-state index contributed by atoms with van der Waals surface area (Å²) in [6, 6.07) is 9.37. The maximum atomic E-state index is 9.28. The van der Waals surface area contributed by atoms with Crippen LogP contribution in [0.4, 0.5) is 0 Å². The SMILES string of the molecule is Cc1ccccc1CC(NCC(CCO)CC(C)C)C1CC1. The predicted molar refractivity (Wildman–Crippen MR) is 94.0 cm³/mol. The van der Waals surface area contributed by atoms with E-state index in [0.717, 1.165) is 25.3 Å². The number of hydrogen-bond donors (Lipinski definition) is 2. The zero-order chi connectivity index (χ0) is 15.9. The number of aryl methyl sites for hydroxylation is 1. The lowest BCUT2D eigenvalue weighted by molar-refractivity contribution is 0.234. The van der Waals surface area contributed by atoms with Crippen LogP contribution in [0.15, 0.2) is 24.3 Å². The molecule has 1 aromatic carbocycles. The molecular formula is C20H33NO. The van der Waals surface area contributed by atoms with Crippen molar-refractivity contribution < 1.29 is 5.11 Å². The van der Waals surface area contributed by atoms with E-state index in [1.807, 2.05) is 0 Å². The van der Waals surface area contributed by atoms with E-state index in [1.54, 1.807) is 0 Å². The summed E-state index contributed by atoms with van der Waals surface area (Å²) >= 11 is 0. The van der Waals surface area contributed by atoms with E-state index in [-0.39, 0.29) is 0 Å². The highest BCUT2D eigenvalue weighted by atomic mass is 16.3. The number of aliphatic hydroxyl groups is 1. The zero-order valence-electron chi connectivity index (χ0n) is 14.5. The van der Waals surface area contributed by atoms with Gasteiger partial charge in [0.05, 0.1) is 0 Å². The molecule has 0 aliphatic heterocycles. The van der Waals surface area contributed by atoms with Gasteiger partial charge in [-0.3, -0.25) is 0 Å². The first kappa shape index (κ1) is 17.5. The standard InChI is InChI=1S/C20H33NO/c1-15(2)12-17(10-11-22)14-21-20(18-8-9-18)13-19-7-5-4-6-16(19)3/h4-7,15,17-18,20-22H,8-14H2,1-3H3. The van der Waals surface area contributed by atoms with Gasteiger partial charge in [-0.15, -0.1) is 0 Å². The minimum atomic E-state index is 0.310. The Kier molecular flexibility index (Phi) is 6.91. The average molecular weight is 303 g/mol. The van der Waals surface area contributed by atoms with Crippen molar-refractivity contribution in [2.75, 3.05) is 13.2 Å². The molecule has 2 heteroatoms. The van der Waals surface area contributed by atoms with Gasteiger partial charge in [-0.1, -0.05) is 38.1 Å². The van der Waals surface area contributed by atoms with Crippen molar-refractivity contribution in [1.29, 1.82) is 0 Å². The van der Waals surface area contributed by atoms with Crippen LogP contribution in [-0.2, 0) is 6.42 Å². The van der Waals surface area contributed by atoms with E-state index >= 15 is 0 Å². The van der Waals surface area contributed by atoms with Gasteiger partial charge in [-0.25, -0.2) is 0 Å². The van der Waals surface area contributed by atoms with E-state index in [2.05, 4.69) is 50.4 Å². The monoisotopic (exact) mass is 303 g/mol. The third-order valence-corrected chi connectivity index (χ3v) is 4.90. The maximum Gasteiger partial charge on any atom is 0.0434 e. The molecule has 0 saturated heterocycles. The van der Waals surface area contributed by atoms with Gasteiger partial charge in [0.1, 0.15) is 0 Å². The molecule has 2 N–H and O–H groups in total. The first-order chi connectivity index (χ1) is 10.6. The Morgan fingerprint density at radius 2 is 1.95 bits per heavy atom. The summed E-state index contributed by atoms with van der Waals surface area (Å²) in [6.45, 7) is 8.12. The van der Waals surface area contributed by atoms with Crippen LogP contribution < -0.4 is 5.32 Å². The van der Waals surface area contributed by atoms with Gasteiger partial charge in [0.2, 0.25) is 0 Å². The Labute approximate surface area is 136 Å². The molecule has 1 saturated carbocycles. The summed E-state index contributed by atoms with van der Waals surface area (Å²) in [5.74, 6) is 2.16. The second-order valence-electron chi connectivity index (χ2n) is 7.49. The molecule has 2 nitrogen and oxygen atoms in total. The normalized spacial score (nSPS) is 17.7. The van der Waals surface area contributed by atoms with Crippen LogP contribution in [0.25, 0.3) is 0 Å². The molecule has 22 heavy (non-hydrogen) atoms. The van der Waals surface area contributed by atoms with Crippen molar-refractivity contribution >= 4 is 0 Å².